The highest BCUT2D eigenvalue weighted by Gasteiger charge is 2.32. The first kappa shape index (κ1) is 21.4. The maximum atomic E-state index is 12.7. The van der Waals surface area contributed by atoms with Crippen LogP contribution in [0.15, 0.2) is 41.3 Å². The summed E-state index contributed by atoms with van der Waals surface area (Å²) in [6.07, 6.45) is 3.74. The lowest BCUT2D eigenvalue weighted by Crippen LogP contribution is -2.47. The van der Waals surface area contributed by atoms with Crippen LogP contribution >= 0.6 is 0 Å². The number of carbonyl (C=O) groups excluding carboxylic acids is 1. The third kappa shape index (κ3) is 6.63. The zero-order chi connectivity index (χ0) is 19.3. The Bertz CT molecular complexity index is 700. The van der Waals surface area contributed by atoms with Crippen LogP contribution in [0.25, 0.3) is 0 Å². The summed E-state index contributed by atoms with van der Waals surface area (Å²) >= 11 is 0. The molecule has 1 aromatic carbocycles. The Morgan fingerprint density at radius 3 is 2.28 bits per heavy atom. The van der Waals surface area contributed by atoms with E-state index in [2.05, 4.69) is 9.46 Å². The molecule has 25 heavy (non-hydrogen) atoms. The first-order valence-corrected chi connectivity index (χ1v) is 9.78. The van der Waals surface area contributed by atoms with Gasteiger partial charge in [-0.25, -0.2) is 13.1 Å². The van der Waals surface area contributed by atoms with Gasteiger partial charge >= 0.3 is 5.97 Å². The molecule has 0 aromatic heterocycles. The molecule has 2 atom stereocenters. The molecule has 0 bridgehead atoms. The van der Waals surface area contributed by atoms with Crippen LogP contribution in [0.5, 0.6) is 0 Å². The molecule has 5 nitrogen and oxygen atoms in total. The highest BCUT2D eigenvalue weighted by molar-refractivity contribution is 7.89. The minimum absolute atomic E-state index is 0.0927. The van der Waals surface area contributed by atoms with Crippen molar-refractivity contribution in [2.75, 3.05) is 7.11 Å². The van der Waals surface area contributed by atoms with Crippen molar-refractivity contribution in [1.82, 2.24) is 4.72 Å². The molecule has 0 saturated heterocycles. The van der Waals surface area contributed by atoms with Crippen molar-refractivity contribution in [3.05, 3.63) is 42.0 Å². The normalized spacial score (nSPS) is 15.1. The van der Waals surface area contributed by atoms with Crippen LogP contribution in [0.4, 0.5) is 0 Å². The van der Waals surface area contributed by atoms with Crippen LogP contribution in [-0.4, -0.2) is 27.5 Å². The molecule has 0 amide bonds. The van der Waals surface area contributed by atoms with E-state index in [1.54, 1.807) is 30.3 Å². The van der Waals surface area contributed by atoms with Crippen molar-refractivity contribution < 1.29 is 17.9 Å². The Morgan fingerprint density at radius 1 is 1.24 bits per heavy atom. The van der Waals surface area contributed by atoms with Crippen LogP contribution in [0, 0.1) is 18.3 Å². The van der Waals surface area contributed by atoms with Crippen LogP contribution in [0.1, 0.15) is 39.7 Å². The number of rotatable bonds is 7. The third-order valence-corrected chi connectivity index (χ3v) is 5.48. The van der Waals surface area contributed by atoms with E-state index in [0.717, 1.165) is 5.56 Å². The van der Waals surface area contributed by atoms with Crippen molar-refractivity contribution in [3.8, 4) is 0 Å². The average Bonchev–Trinajstić information content (AvgIpc) is 2.51. The van der Waals surface area contributed by atoms with E-state index < -0.39 is 10.0 Å². The molecule has 0 aliphatic heterocycles. The van der Waals surface area contributed by atoms with E-state index in [-0.39, 0.29) is 34.7 Å². The Labute approximate surface area is 151 Å². The maximum Gasteiger partial charge on any atom is 0.309 e. The number of nitrogens with one attached hydrogen (secondary N) is 1. The van der Waals surface area contributed by atoms with Gasteiger partial charge in [-0.1, -0.05) is 57.5 Å². The first-order chi connectivity index (χ1) is 11.5. The summed E-state index contributed by atoms with van der Waals surface area (Å²) in [5, 5.41) is 0. The van der Waals surface area contributed by atoms with Crippen molar-refractivity contribution >= 4 is 16.0 Å². The highest BCUT2D eigenvalue weighted by atomic mass is 32.2. The summed E-state index contributed by atoms with van der Waals surface area (Å²) in [6.45, 7) is 9.80. The zero-order valence-corrected chi connectivity index (χ0v) is 16.7. The number of ether oxygens (including phenoxy) is 1. The van der Waals surface area contributed by atoms with Crippen molar-refractivity contribution in [1.29, 1.82) is 0 Å². The Balaban J connectivity index is 2.99. The largest absolute Gasteiger partial charge is 0.469 e. The molecule has 0 aliphatic carbocycles. The van der Waals surface area contributed by atoms with E-state index in [1.807, 2.05) is 40.7 Å². The number of benzene rings is 1. The minimum Gasteiger partial charge on any atom is -0.469 e. The molecule has 0 fully saturated rings. The first-order valence-electron chi connectivity index (χ1n) is 8.30. The smallest absolute Gasteiger partial charge is 0.309 e. The second-order valence-electron chi connectivity index (χ2n) is 7.35. The van der Waals surface area contributed by atoms with Gasteiger partial charge in [-0.05, 0) is 30.4 Å². The van der Waals surface area contributed by atoms with Crippen LogP contribution in [0.3, 0.4) is 0 Å². The predicted molar refractivity (Wildman–Crippen MR) is 99.7 cm³/mol. The molecular weight excluding hydrogens is 338 g/mol. The van der Waals surface area contributed by atoms with Gasteiger partial charge in [-0.3, -0.25) is 4.79 Å². The van der Waals surface area contributed by atoms with Gasteiger partial charge in [-0.15, -0.1) is 0 Å². The molecular formula is C19H29NO4S. The predicted octanol–water partition coefficient (Wildman–Crippen LogP) is 3.44. The van der Waals surface area contributed by atoms with E-state index in [0.29, 0.717) is 0 Å². The number of aryl methyl sites for hydroxylation is 1. The zero-order valence-electron chi connectivity index (χ0n) is 15.9. The lowest BCUT2D eigenvalue weighted by atomic mass is 9.80. The summed E-state index contributed by atoms with van der Waals surface area (Å²) in [5.41, 5.74) is 0.706. The molecule has 0 radical (unpaired) electrons. The van der Waals surface area contributed by atoms with Crippen molar-refractivity contribution in [3.63, 3.8) is 0 Å². The molecule has 140 valence electrons. The average molecular weight is 368 g/mol. The Kier molecular flexibility index (Phi) is 7.38. The molecule has 1 aromatic rings. The quantitative estimate of drug-likeness (QED) is 0.592. The van der Waals surface area contributed by atoms with Gasteiger partial charge in [0.2, 0.25) is 10.0 Å². The van der Waals surface area contributed by atoms with E-state index in [9.17, 15) is 13.2 Å². The lowest BCUT2D eigenvalue weighted by molar-refractivity contribution is -0.139. The fourth-order valence-corrected chi connectivity index (χ4v) is 4.13. The fraction of sp³-hybridized carbons (Fsp3) is 0.526. The van der Waals surface area contributed by atoms with Gasteiger partial charge in [0, 0.05) is 6.04 Å². The van der Waals surface area contributed by atoms with Gasteiger partial charge in [0.15, 0.2) is 0 Å². The Hall–Kier alpha value is -1.66. The molecule has 6 heteroatoms. The lowest BCUT2D eigenvalue weighted by Gasteiger charge is -2.34. The van der Waals surface area contributed by atoms with Gasteiger partial charge in [0.25, 0.3) is 0 Å². The second kappa shape index (κ2) is 8.63. The molecule has 0 spiro atoms. The van der Waals surface area contributed by atoms with Crippen molar-refractivity contribution in [2.45, 2.75) is 52.0 Å². The number of hydrogen-bond acceptors (Lipinski definition) is 4. The second-order valence-corrected chi connectivity index (χ2v) is 9.06. The summed E-state index contributed by atoms with van der Waals surface area (Å²) in [7, 11) is -2.29. The highest BCUT2D eigenvalue weighted by Crippen LogP contribution is 2.28. The Morgan fingerprint density at radius 2 is 1.80 bits per heavy atom. The van der Waals surface area contributed by atoms with Gasteiger partial charge in [-0.2, -0.15) is 0 Å². The summed E-state index contributed by atoms with van der Waals surface area (Å²) in [4.78, 5) is 11.5. The van der Waals surface area contributed by atoms with Gasteiger partial charge < -0.3 is 4.74 Å². The summed E-state index contributed by atoms with van der Waals surface area (Å²) < 4.78 is 32.9. The standard InChI is InChI=1S/C19H29NO4S/c1-14-10-12-16(13-11-14)25(22,23)20-18(19(3,4)5)15(2)8-7-9-17(21)24-6/h7-8,10-13,15,18,20H,9H2,1-6H3/b8-7+/t15-,18+/m0/s1. The minimum atomic E-state index is -3.63. The summed E-state index contributed by atoms with van der Waals surface area (Å²) in [6, 6.07) is 6.44. The number of methoxy groups -OCH3 is 1. The van der Waals surface area contributed by atoms with Crippen LogP contribution in [-0.2, 0) is 19.6 Å². The topological polar surface area (TPSA) is 72.5 Å². The molecule has 1 rings (SSSR count). The SMILES string of the molecule is COC(=O)C/C=C/[C@H](C)[C@@H](NS(=O)(=O)c1ccc(C)cc1)C(C)(C)C. The summed E-state index contributed by atoms with van der Waals surface area (Å²) in [5.74, 6) is -0.416. The fourth-order valence-electron chi connectivity index (χ4n) is 2.60. The van der Waals surface area contributed by atoms with Gasteiger partial charge in [0.1, 0.15) is 0 Å². The van der Waals surface area contributed by atoms with E-state index in [1.165, 1.54) is 7.11 Å². The number of esters is 1. The number of carbonyl (C=O) groups is 1. The molecule has 0 heterocycles. The molecule has 0 aliphatic rings. The maximum absolute atomic E-state index is 12.7. The van der Waals surface area contributed by atoms with Crippen LogP contribution < -0.4 is 4.72 Å². The number of sulfonamides is 1. The van der Waals surface area contributed by atoms with E-state index in [4.69, 9.17) is 0 Å². The van der Waals surface area contributed by atoms with Gasteiger partial charge in [0.05, 0.1) is 18.4 Å². The third-order valence-electron chi connectivity index (χ3n) is 4.02. The van der Waals surface area contributed by atoms with Crippen LogP contribution in [0.2, 0.25) is 0 Å². The molecule has 1 N–H and O–H groups in total. The van der Waals surface area contributed by atoms with E-state index >= 15 is 0 Å². The van der Waals surface area contributed by atoms with Crippen molar-refractivity contribution in [2.24, 2.45) is 11.3 Å². The number of hydrogen-bond donors (Lipinski definition) is 1. The molecule has 0 unspecified atom stereocenters. The monoisotopic (exact) mass is 367 g/mol. The molecule has 0 saturated carbocycles.